The number of hydrogen-bond acceptors (Lipinski definition) is 2. The van der Waals surface area contributed by atoms with Gasteiger partial charge in [-0.1, -0.05) is 48.0 Å². The van der Waals surface area contributed by atoms with Crippen molar-refractivity contribution in [2.75, 3.05) is 6.61 Å². The van der Waals surface area contributed by atoms with E-state index in [0.717, 1.165) is 30.2 Å². The van der Waals surface area contributed by atoms with Crippen LogP contribution in [0, 0.1) is 0 Å². The second-order valence-electron chi connectivity index (χ2n) is 5.95. The molecule has 1 aliphatic heterocycles. The summed E-state index contributed by atoms with van der Waals surface area (Å²) in [4.78, 5) is 0. The maximum atomic E-state index is 6.28. The molecule has 0 radical (unpaired) electrons. The highest BCUT2D eigenvalue weighted by atomic mass is 35.5. The molecule has 1 heterocycles. The van der Waals surface area contributed by atoms with Gasteiger partial charge in [-0.3, -0.25) is 0 Å². The van der Waals surface area contributed by atoms with Gasteiger partial charge in [0.1, 0.15) is 12.4 Å². The summed E-state index contributed by atoms with van der Waals surface area (Å²) in [7, 11) is 0. The number of rotatable bonds is 3. The van der Waals surface area contributed by atoms with Crippen molar-refractivity contribution >= 4 is 11.6 Å². The molecule has 2 aromatic rings. The largest absolute Gasteiger partial charge is 0.491 e. The summed E-state index contributed by atoms with van der Waals surface area (Å²) in [6.07, 6.45) is 2.31. The van der Waals surface area contributed by atoms with Crippen LogP contribution in [0.5, 0.6) is 5.75 Å². The summed E-state index contributed by atoms with van der Waals surface area (Å²) in [6, 6.07) is 17.4. The number of halogens is 1. The van der Waals surface area contributed by atoms with E-state index >= 15 is 0 Å². The van der Waals surface area contributed by atoms with Crippen molar-refractivity contribution in [1.82, 2.24) is 5.32 Å². The Morgan fingerprint density at radius 2 is 1.67 bits per heavy atom. The maximum absolute atomic E-state index is 6.28. The fourth-order valence-electron chi connectivity index (χ4n) is 3.40. The smallest absolute Gasteiger partial charge is 0.124 e. The van der Waals surface area contributed by atoms with E-state index in [4.69, 9.17) is 16.3 Å². The molecular weight excluding hydrogens is 282 g/mol. The van der Waals surface area contributed by atoms with Crippen LogP contribution in [0.2, 0.25) is 5.02 Å². The summed E-state index contributed by atoms with van der Waals surface area (Å²) >= 11 is 6.28. The SMILES string of the molecule is Clc1ccccc1C1CC(NC2COc3ccccc32)C1. The zero-order valence-electron chi connectivity index (χ0n) is 11.8. The summed E-state index contributed by atoms with van der Waals surface area (Å²) in [5.74, 6) is 1.62. The van der Waals surface area contributed by atoms with Gasteiger partial charge < -0.3 is 10.1 Å². The minimum Gasteiger partial charge on any atom is -0.491 e. The summed E-state index contributed by atoms with van der Waals surface area (Å²) in [6.45, 7) is 0.743. The third-order valence-corrected chi connectivity index (χ3v) is 4.96. The van der Waals surface area contributed by atoms with E-state index in [0.29, 0.717) is 18.0 Å². The lowest BCUT2D eigenvalue weighted by molar-refractivity contribution is 0.236. The molecule has 2 aliphatic rings. The van der Waals surface area contributed by atoms with Crippen LogP contribution in [0.4, 0.5) is 0 Å². The monoisotopic (exact) mass is 299 g/mol. The van der Waals surface area contributed by atoms with E-state index < -0.39 is 0 Å². The van der Waals surface area contributed by atoms with Gasteiger partial charge in [0.05, 0.1) is 6.04 Å². The van der Waals surface area contributed by atoms with Gasteiger partial charge in [-0.15, -0.1) is 0 Å². The predicted molar refractivity (Wildman–Crippen MR) is 85.0 cm³/mol. The standard InChI is InChI=1S/C18H18ClNO/c19-16-7-3-1-5-14(16)12-9-13(10-12)20-17-11-21-18-8-4-2-6-15(17)18/h1-8,12-13,17,20H,9-11H2. The first kappa shape index (κ1) is 13.2. The van der Waals surface area contributed by atoms with Crippen LogP contribution in [-0.4, -0.2) is 12.6 Å². The first-order valence-corrected chi connectivity index (χ1v) is 7.91. The summed E-state index contributed by atoms with van der Waals surface area (Å²) in [5.41, 5.74) is 2.58. The molecule has 0 saturated heterocycles. The van der Waals surface area contributed by atoms with Crippen molar-refractivity contribution in [3.63, 3.8) is 0 Å². The number of para-hydroxylation sites is 1. The van der Waals surface area contributed by atoms with Crippen LogP contribution in [0.1, 0.15) is 35.9 Å². The minimum atomic E-state index is 0.332. The molecule has 2 nitrogen and oxygen atoms in total. The number of fused-ring (bicyclic) bond motifs is 1. The van der Waals surface area contributed by atoms with Crippen LogP contribution >= 0.6 is 11.6 Å². The van der Waals surface area contributed by atoms with Crippen molar-refractivity contribution in [2.24, 2.45) is 0 Å². The van der Waals surface area contributed by atoms with Gasteiger partial charge in [0.25, 0.3) is 0 Å². The van der Waals surface area contributed by atoms with Crippen molar-refractivity contribution in [2.45, 2.75) is 30.8 Å². The molecule has 0 bridgehead atoms. The highest BCUT2D eigenvalue weighted by Crippen LogP contribution is 2.42. The molecule has 1 saturated carbocycles. The molecular formula is C18H18ClNO. The van der Waals surface area contributed by atoms with E-state index in [1.807, 2.05) is 24.3 Å². The number of ether oxygens (including phenoxy) is 1. The van der Waals surface area contributed by atoms with Crippen LogP contribution in [0.15, 0.2) is 48.5 Å². The molecule has 2 aromatic carbocycles. The van der Waals surface area contributed by atoms with Crippen molar-refractivity contribution in [1.29, 1.82) is 0 Å². The Hall–Kier alpha value is -1.51. The number of benzene rings is 2. The Morgan fingerprint density at radius 3 is 2.48 bits per heavy atom. The molecule has 0 aromatic heterocycles. The van der Waals surface area contributed by atoms with Crippen LogP contribution < -0.4 is 10.1 Å². The van der Waals surface area contributed by atoms with E-state index in [9.17, 15) is 0 Å². The van der Waals surface area contributed by atoms with Gasteiger partial charge in [0, 0.05) is 16.6 Å². The highest BCUT2D eigenvalue weighted by molar-refractivity contribution is 6.31. The second kappa shape index (κ2) is 5.36. The fourth-order valence-corrected chi connectivity index (χ4v) is 3.69. The average Bonchev–Trinajstić information content (AvgIpc) is 2.87. The molecule has 1 aliphatic carbocycles. The minimum absolute atomic E-state index is 0.332. The third-order valence-electron chi connectivity index (χ3n) is 4.62. The van der Waals surface area contributed by atoms with Gasteiger partial charge in [0.2, 0.25) is 0 Å². The third kappa shape index (κ3) is 2.43. The Labute approximate surface area is 130 Å². The average molecular weight is 300 g/mol. The first-order valence-electron chi connectivity index (χ1n) is 7.53. The van der Waals surface area contributed by atoms with E-state index in [1.54, 1.807) is 0 Å². The molecule has 108 valence electrons. The topological polar surface area (TPSA) is 21.3 Å². The van der Waals surface area contributed by atoms with Crippen LogP contribution in [-0.2, 0) is 0 Å². The van der Waals surface area contributed by atoms with Crippen LogP contribution in [0.3, 0.4) is 0 Å². The van der Waals surface area contributed by atoms with E-state index in [-0.39, 0.29) is 0 Å². The van der Waals surface area contributed by atoms with E-state index in [2.05, 4.69) is 29.6 Å². The highest BCUT2D eigenvalue weighted by Gasteiger charge is 2.34. The molecule has 1 atom stereocenters. The van der Waals surface area contributed by atoms with Crippen molar-refractivity contribution < 1.29 is 4.74 Å². The lowest BCUT2D eigenvalue weighted by Gasteiger charge is -2.38. The number of hydrogen-bond donors (Lipinski definition) is 1. The molecule has 1 fully saturated rings. The molecule has 1 N–H and O–H groups in total. The molecule has 3 heteroatoms. The summed E-state index contributed by atoms with van der Waals surface area (Å²) < 4.78 is 5.73. The lowest BCUT2D eigenvalue weighted by atomic mass is 9.75. The van der Waals surface area contributed by atoms with Gasteiger partial charge in [-0.2, -0.15) is 0 Å². The quantitative estimate of drug-likeness (QED) is 0.912. The Balaban J connectivity index is 1.39. The maximum Gasteiger partial charge on any atom is 0.124 e. The predicted octanol–water partition coefficient (Wildman–Crippen LogP) is 4.31. The Bertz CT molecular complexity index is 651. The van der Waals surface area contributed by atoms with Crippen molar-refractivity contribution in [3.05, 3.63) is 64.7 Å². The van der Waals surface area contributed by atoms with Gasteiger partial charge in [0.15, 0.2) is 0 Å². The molecule has 4 rings (SSSR count). The Kier molecular flexibility index (Phi) is 3.36. The van der Waals surface area contributed by atoms with E-state index in [1.165, 1.54) is 11.1 Å². The normalized spacial score (nSPS) is 26.8. The molecule has 21 heavy (non-hydrogen) atoms. The van der Waals surface area contributed by atoms with Gasteiger partial charge >= 0.3 is 0 Å². The van der Waals surface area contributed by atoms with Gasteiger partial charge in [-0.25, -0.2) is 0 Å². The fraction of sp³-hybridized carbons (Fsp3) is 0.333. The first-order chi connectivity index (χ1) is 10.3. The van der Waals surface area contributed by atoms with Gasteiger partial charge in [-0.05, 0) is 36.5 Å². The second-order valence-corrected chi connectivity index (χ2v) is 6.36. The molecule has 1 unspecified atom stereocenters. The van der Waals surface area contributed by atoms with Crippen molar-refractivity contribution in [3.8, 4) is 5.75 Å². The zero-order chi connectivity index (χ0) is 14.2. The molecule has 0 amide bonds. The van der Waals surface area contributed by atoms with Crippen LogP contribution in [0.25, 0.3) is 0 Å². The zero-order valence-corrected chi connectivity index (χ0v) is 12.5. The lowest BCUT2D eigenvalue weighted by Crippen LogP contribution is -2.42. The molecule has 0 spiro atoms. The Morgan fingerprint density at radius 1 is 0.952 bits per heavy atom. The summed E-state index contributed by atoms with van der Waals surface area (Å²) in [5, 5.41) is 4.62. The number of nitrogens with one attached hydrogen (secondary N) is 1.